The Hall–Kier alpha value is -0.830. The van der Waals surface area contributed by atoms with Crippen LogP contribution in [0, 0.1) is 5.92 Å². The number of allylic oxidation sites excluding steroid dienone is 1. The molecule has 1 rings (SSSR count). The smallest absolute Gasteiger partial charge is 0.246 e. The van der Waals surface area contributed by atoms with Crippen LogP contribution < -0.4 is 0 Å². The largest absolute Gasteiger partial charge is 0.396 e. The van der Waals surface area contributed by atoms with Crippen LogP contribution >= 0.6 is 0 Å². The molecule has 0 radical (unpaired) electrons. The fraction of sp³-hybridized carbons (Fsp3) is 0.727. The van der Waals surface area contributed by atoms with Gasteiger partial charge in [0, 0.05) is 25.8 Å². The lowest BCUT2D eigenvalue weighted by Gasteiger charge is -2.14. The van der Waals surface area contributed by atoms with Gasteiger partial charge in [-0.15, -0.1) is 0 Å². The number of hydrogen-bond acceptors (Lipinski definition) is 2. The summed E-state index contributed by atoms with van der Waals surface area (Å²) in [6.45, 7) is 5.74. The highest BCUT2D eigenvalue weighted by Gasteiger charge is 2.24. The van der Waals surface area contributed by atoms with Crippen molar-refractivity contribution in [1.29, 1.82) is 0 Å². The van der Waals surface area contributed by atoms with Crippen LogP contribution in [-0.2, 0) is 4.79 Å². The molecule has 1 atom stereocenters. The van der Waals surface area contributed by atoms with Crippen molar-refractivity contribution < 1.29 is 9.90 Å². The zero-order valence-corrected chi connectivity index (χ0v) is 8.99. The van der Waals surface area contributed by atoms with Gasteiger partial charge in [0.15, 0.2) is 0 Å². The Labute approximate surface area is 85.4 Å². The van der Waals surface area contributed by atoms with E-state index < -0.39 is 0 Å². The minimum absolute atomic E-state index is 0.116. The topological polar surface area (TPSA) is 40.5 Å². The summed E-state index contributed by atoms with van der Waals surface area (Å²) in [7, 11) is 0. The van der Waals surface area contributed by atoms with Crippen LogP contribution in [0.5, 0.6) is 0 Å². The first kappa shape index (κ1) is 11.2. The van der Waals surface area contributed by atoms with Crippen molar-refractivity contribution in [2.45, 2.75) is 26.7 Å². The van der Waals surface area contributed by atoms with Crippen LogP contribution in [0.3, 0.4) is 0 Å². The van der Waals surface area contributed by atoms with Gasteiger partial charge in [-0.25, -0.2) is 0 Å². The van der Waals surface area contributed by atoms with Crippen LogP contribution in [0.1, 0.15) is 26.7 Å². The molecule has 1 saturated heterocycles. The van der Waals surface area contributed by atoms with Crippen LogP contribution in [-0.4, -0.2) is 35.6 Å². The Morgan fingerprint density at radius 1 is 1.57 bits per heavy atom. The third kappa shape index (κ3) is 3.14. The molecule has 0 spiro atoms. The van der Waals surface area contributed by atoms with E-state index in [2.05, 4.69) is 0 Å². The highest BCUT2D eigenvalue weighted by Crippen LogP contribution is 2.19. The fourth-order valence-electron chi connectivity index (χ4n) is 1.79. The van der Waals surface area contributed by atoms with Crippen LogP contribution in [0.2, 0.25) is 0 Å². The quantitative estimate of drug-likeness (QED) is 0.690. The molecule has 0 aromatic rings. The molecule has 0 saturated carbocycles. The third-order valence-corrected chi connectivity index (χ3v) is 2.55. The molecular formula is C11H19NO2. The molecular weight excluding hydrogens is 178 g/mol. The zero-order chi connectivity index (χ0) is 10.6. The molecule has 0 aromatic heterocycles. The second-order valence-corrected chi connectivity index (χ2v) is 4.17. The second-order valence-electron chi connectivity index (χ2n) is 4.17. The Morgan fingerprint density at radius 2 is 2.29 bits per heavy atom. The Balaban J connectivity index is 2.42. The molecule has 1 aliphatic rings. The number of rotatable bonds is 3. The average Bonchev–Trinajstić information content (AvgIpc) is 2.52. The summed E-state index contributed by atoms with van der Waals surface area (Å²) in [5, 5.41) is 8.78. The molecule has 0 aromatic carbocycles. The predicted molar refractivity (Wildman–Crippen MR) is 55.8 cm³/mol. The number of aliphatic hydroxyl groups is 1. The number of aliphatic hydroxyl groups excluding tert-OH is 1. The van der Waals surface area contributed by atoms with E-state index in [0.717, 1.165) is 31.5 Å². The first-order valence-electron chi connectivity index (χ1n) is 5.18. The standard InChI is InChI=1S/C11H19NO2/c1-9(2)7-11(14)12-5-3-10(8-12)4-6-13/h7,10,13H,3-6,8H2,1-2H3. The summed E-state index contributed by atoms with van der Waals surface area (Å²) in [5.74, 6) is 0.611. The third-order valence-electron chi connectivity index (χ3n) is 2.55. The Kier molecular flexibility index (Phi) is 4.14. The van der Waals surface area contributed by atoms with E-state index in [1.807, 2.05) is 18.7 Å². The van der Waals surface area contributed by atoms with Crippen molar-refractivity contribution in [3.05, 3.63) is 11.6 Å². The second kappa shape index (κ2) is 5.15. The fourth-order valence-corrected chi connectivity index (χ4v) is 1.79. The molecule has 1 heterocycles. The van der Waals surface area contributed by atoms with Crippen molar-refractivity contribution in [3.8, 4) is 0 Å². The molecule has 3 heteroatoms. The highest BCUT2D eigenvalue weighted by molar-refractivity contribution is 5.88. The van der Waals surface area contributed by atoms with E-state index in [9.17, 15) is 4.79 Å². The zero-order valence-electron chi connectivity index (χ0n) is 8.99. The van der Waals surface area contributed by atoms with Gasteiger partial charge >= 0.3 is 0 Å². The van der Waals surface area contributed by atoms with E-state index in [1.165, 1.54) is 0 Å². The normalized spacial score (nSPS) is 21.1. The van der Waals surface area contributed by atoms with Crippen molar-refractivity contribution in [3.63, 3.8) is 0 Å². The van der Waals surface area contributed by atoms with Gasteiger partial charge < -0.3 is 10.0 Å². The lowest BCUT2D eigenvalue weighted by atomic mass is 10.1. The number of amides is 1. The summed E-state index contributed by atoms with van der Waals surface area (Å²) in [6.07, 6.45) is 3.53. The summed E-state index contributed by atoms with van der Waals surface area (Å²) in [5.41, 5.74) is 1.04. The molecule has 0 aliphatic carbocycles. The first-order chi connectivity index (χ1) is 6.63. The summed E-state index contributed by atoms with van der Waals surface area (Å²) in [4.78, 5) is 13.5. The summed E-state index contributed by atoms with van der Waals surface area (Å²) < 4.78 is 0. The number of hydrogen-bond donors (Lipinski definition) is 1. The first-order valence-corrected chi connectivity index (χ1v) is 5.18. The maximum atomic E-state index is 11.6. The lowest BCUT2D eigenvalue weighted by molar-refractivity contribution is -0.125. The van der Waals surface area contributed by atoms with Gasteiger partial charge in [-0.05, 0) is 32.6 Å². The number of carbonyl (C=O) groups is 1. The van der Waals surface area contributed by atoms with Crippen molar-refractivity contribution in [2.24, 2.45) is 5.92 Å². The highest BCUT2D eigenvalue weighted by atomic mass is 16.3. The average molecular weight is 197 g/mol. The van der Waals surface area contributed by atoms with Gasteiger partial charge in [-0.3, -0.25) is 4.79 Å². The van der Waals surface area contributed by atoms with E-state index in [1.54, 1.807) is 6.08 Å². The minimum Gasteiger partial charge on any atom is -0.396 e. The Bertz CT molecular complexity index is 231. The number of nitrogens with zero attached hydrogens (tertiary/aromatic N) is 1. The number of likely N-dealkylation sites (tertiary alicyclic amines) is 1. The van der Waals surface area contributed by atoms with Crippen LogP contribution in [0.15, 0.2) is 11.6 Å². The van der Waals surface area contributed by atoms with Crippen LogP contribution in [0.4, 0.5) is 0 Å². The van der Waals surface area contributed by atoms with Gasteiger partial charge in [0.05, 0.1) is 0 Å². The van der Waals surface area contributed by atoms with Gasteiger partial charge in [0.25, 0.3) is 0 Å². The summed E-state index contributed by atoms with van der Waals surface area (Å²) in [6, 6.07) is 0. The van der Waals surface area contributed by atoms with Crippen LogP contribution in [0.25, 0.3) is 0 Å². The molecule has 1 amide bonds. The lowest BCUT2D eigenvalue weighted by Crippen LogP contribution is -2.27. The van der Waals surface area contributed by atoms with Crippen molar-refractivity contribution in [2.75, 3.05) is 19.7 Å². The van der Waals surface area contributed by atoms with E-state index in [-0.39, 0.29) is 12.5 Å². The predicted octanol–water partition coefficient (Wildman–Crippen LogP) is 1.18. The molecule has 14 heavy (non-hydrogen) atoms. The minimum atomic E-state index is 0.116. The molecule has 3 nitrogen and oxygen atoms in total. The maximum absolute atomic E-state index is 11.6. The van der Waals surface area contributed by atoms with Gasteiger partial charge in [-0.1, -0.05) is 5.57 Å². The monoisotopic (exact) mass is 197 g/mol. The van der Waals surface area contributed by atoms with Gasteiger partial charge in [0.1, 0.15) is 0 Å². The molecule has 1 N–H and O–H groups in total. The van der Waals surface area contributed by atoms with Crippen molar-refractivity contribution >= 4 is 5.91 Å². The summed E-state index contributed by atoms with van der Waals surface area (Å²) >= 11 is 0. The maximum Gasteiger partial charge on any atom is 0.246 e. The SMILES string of the molecule is CC(C)=CC(=O)N1CCC(CCO)C1. The molecule has 1 aliphatic heterocycles. The van der Waals surface area contributed by atoms with Crippen molar-refractivity contribution in [1.82, 2.24) is 4.90 Å². The Morgan fingerprint density at radius 3 is 2.86 bits per heavy atom. The molecule has 80 valence electrons. The molecule has 1 unspecified atom stereocenters. The van der Waals surface area contributed by atoms with E-state index in [0.29, 0.717) is 5.92 Å². The van der Waals surface area contributed by atoms with Gasteiger partial charge in [-0.2, -0.15) is 0 Å². The molecule has 1 fully saturated rings. The molecule has 0 bridgehead atoms. The van der Waals surface area contributed by atoms with E-state index in [4.69, 9.17) is 5.11 Å². The number of carbonyl (C=O) groups excluding carboxylic acids is 1. The van der Waals surface area contributed by atoms with E-state index >= 15 is 0 Å². The van der Waals surface area contributed by atoms with Gasteiger partial charge in [0.2, 0.25) is 5.91 Å².